The van der Waals surface area contributed by atoms with Gasteiger partial charge < -0.3 is 5.32 Å². The third kappa shape index (κ3) is 4.05. The molecule has 0 bridgehead atoms. The molecule has 0 spiro atoms. The number of nitrogens with zero attached hydrogens (tertiary/aromatic N) is 1. The van der Waals surface area contributed by atoms with E-state index in [-0.39, 0.29) is 21.2 Å². The summed E-state index contributed by atoms with van der Waals surface area (Å²) in [6, 6.07) is 9.06. The van der Waals surface area contributed by atoms with Crippen molar-refractivity contribution in [2.24, 2.45) is 0 Å². The Kier molecular flexibility index (Phi) is 4.67. The van der Waals surface area contributed by atoms with Crippen molar-refractivity contribution in [2.75, 3.05) is 11.6 Å². The first-order chi connectivity index (χ1) is 10.7. The van der Waals surface area contributed by atoms with E-state index in [1.165, 1.54) is 36.4 Å². The SMILES string of the molecule is CS(=O)(=O)c1ccc(NC(=O)c2cc([N+](=O)[O-])ccc2Cl)cc1. The van der Waals surface area contributed by atoms with E-state index in [1.54, 1.807) is 0 Å². The van der Waals surface area contributed by atoms with Gasteiger partial charge >= 0.3 is 0 Å². The molecule has 0 saturated heterocycles. The zero-order chi connectivity index (χ0) is 17.2. The van der Waals surface area contributed by atoms with E-state index in [9.17, 15) is 23.3 Å². The summed E-state index contributed by atoms with van der Waals surface area (Å²) in [7, 11) is -3.33. The van der Waals surface area contributed by atoms with E-state index in [0.29, 0.717) is 5.69 Å². The number of hydrogen-bond donors (Lipinski definition) is 1. The number of carbonyl (C=O) groups excluding carboxylic acids is 1. The molecule has 0 unspecified atom stereocenters. The van der Waals surface area contributed by atoms with E-state index < -0.39 is 20.7 Å². The lowest BCUT2D eigenvalue weighted by atomic mass is 10.2. The van der Waals surface area contributed by atoms with Crippen molar-refractivity contribution >= 4 is 38.7 Å². The first kappa shape index (κ1) is 16.9. The number of anilines is 1. The maximum atomic E-state index is 12.2. The first-order valence-corrected chi connectivity index (χ1v) is 8.51. The molecule has 0 saturated carbocycles. The molecule has 120 valence electrons. The number of rotatable bonds is 4. The molecule has 0 atom stereocenters. The van der Waals surface area contributed by atoms with Crippen LogP contribution in [0, 0.1) is 10.1 Å². The number of amides is 1. The number of nitro benzene ring substituents is 1. The van der Waals surface area contributed by atoms with Crippen LogP contribution in [0.2, 0.25) is 5.02 Å². The Morgan fingerprint density at radius 2 is 1.78 bits per heavy atom. The minimum absolute atomic E-state index is 0.0481. The number of nitro groups is 1. The van der Waals surface area contributed by atoms with Crippen LogP contribution < -0.4 is 5.32 Å². The normalized spacial score (nSPS) is 11.0. The summed E-state index contributed by atoms with van der Waals surface area (Å²) >= 11 is 5.88. The summed E-state index contributed by atoms with van der Waals surface area (Å²) in [5, 5.41) is 13.3. The Morgan fingerprint density at radius 3 is 2.30 bits per heavy atom. The highest BCUT2D eigenvalue weighted by Crippen LogP contribution is 2.23. The van der Waals surface area contributed by atoms with Gasteiger partial charge in [0, 0.05) is 24.1 Å². The lowest BCUT2D eigenvalue weighted by Crippen LogP contribution is -2.13. The molecule has 2 aromatic rings. The van der Waals surface area contributed by atoms with Crippen LogP contribution in [0.1, 0.15) is 10.4 Å². The number of halogens is 1. The zero-order valence-electron chi connectivity index (χ0n) is 11.8. The van der Waals surface area contributed by atoms with E-state index >= 15 is 0 Å². The molecule has 2 aromatic carbocycles. The highest BCUT2D eigenvalue weighted by atomic mass is 35.5. The van der Waals surface area contributed by atoms with Crippen molar-refractivity contribution in [1.29, 1.82) is 0 Å². The summed E-state index contributed by atoms with van der Waals surface area (Å²) in [5.41, 5.74) is 0.0324. The largest absolute Gasteiger partial charge is 0.322 e. The average Bonchev–Trinajstić information content (AvgIpc) is 2.47. The average molecular weight is 355 g/mol. The smallest absolute Gasteiger partial charge is 0.270 e. The maximum absolute atomic E-state index is 12.2. The predicted octanol–water partition coefficient (Wildman–Crippen LogP) is 2.90. The van der Waals surface area contributed by atoms with Gasteiger partial charge in [-0.25, -0.2) is 8.42 Å². The monoisotopic (exact) mass is 354 g/mol. The molecular weight excluding hydrogens is 344 g/mol. The lowest BCUT2D eigenvalue weighted by Gasteiger charge is -2.07. The second-order valence-corrected chi connectivity index (χ2v) is 7.09. The third-order valence-corrected chi connectivity index (χ3v) is 4.40. The van der Waals surface area contributed by atoms with Gasteiger partial charge in [-0.1, -0.05) is 11.6 Å². The molecule has 1 N–H and O–H groups in total. The molecule has 2 rings (SSSR count). The Bertz CT molecular complexity index is 879. The molecule has 0 fully saturated rings. The van der Waals surface area contributed by atoms with Gasteiger partial charge in [-0.05, 0) is 30.3 Å². The predicted molar refractivity (Wildman–Crippen MR) is 85.6 cm³/mol. The topological polar surface area (TPSA) is 106 Å². The van der Waals surface area contributed by atoms with Crippen LogP contribution in [0.15, 0.2) is 47.4 Å². The highest BCUT2D eigenvalue weighted by Gasteiger charge is 2.16. The fourth-order valence-electron chi connectivity index (χ4n) is 1.78. The van der Waals surface area contributed by atoms with Crippen molar-refractivity contribution in [3.05, 3.63) is 63.2 Å². The molecule has 0 aromatic heterocycles. The van der Waals surface area contributed by atoms with Gasteiger partial charge in [-0.3, -0.25) is 14.9 Å². The molecule has 9 heteroatoms. The van der Waals surface area contributed by atoms with Gasteiger partial charge in [-0.15, -0.1) is 0 Å². The molecule has 0 heterocycles. The minimum atomic E-state index is -3.33. The van der Waals surface area contributed by atoms with E-state index in [0.717, 1.165) is 12.3 Å². The molecule has 7 nitrogen and oxygen atoms in total. The standard InChI is InChI=1S/C14H11ClN2O5S/c1-23(21,22)11-5-2-9(3-6-11)16-14(18)12-8-10(17(19)20)4-7-13(12)15/h2-8H,1H3,(H,16,18). The number of non-ortho nitro benzene ring substituents is 1. The molecule has 0 aliphatic carbocycles. The zero-order valence-corrected chi connectivity index (χ0v) is 13.4. The van der Waals surface area contributed by atoms with Gasteiger partial charge in [0.2, 0.25) is 0 Å². The van der Waals surface area contributed by atoms with Gasteiger partial charge in [0.25, 0.3) is 11.6 Å². The Labute approximate surface area is 137 Å². The van der Waals surface area contributed by atoms with Crippen LogP contribution in [0.3, 0.4) is 0 Å². The number of benzene rings is 2. The number of sulfone groups is 1. The molecule has 0 radical (unpaired) electrons. The van der Waals surface area contributed by atoms with E-state index in [4.69, 9.17) is 11.6 Å². The number of carbonyl (C=O) groups is 1. The van der Waals surface area contributed by atoms with Crippen molar-refractivity contribution < 1.29 is 18.1 Å². The van der Waals surface area contributed by atoms with Crippen molar-refractivity contribution in [3.8, 4) is 0 Å². The molecule has 23 heavy (non-hydrogen) atoms. The summed E-state index contributed by atoms with van der Waals surface area (Å²) in [6.07, 6.45) is 1.07. The first-order valence-electron chi connectivity index (χ1n) is 6.24. The van der Waals surface area contributed by atoms with Crippen LogP contribution in [0.4, 0.5) is 11.4 Å². The lowest BCUT2D eigenvalue weighted by molar-refractivity contribution is -0.384. The van der Waals surface area contributed by atoms with Crippen LogP contribution in [-0.4, -0.2) is 25.5 Å². The van der Waals surface area contributed by atoms with Crippen LogP contribution >= 0.6 is 11.6 Å². The Balaban J connectivity index is 2.26. The summed E-state index contributed by atoms with van der Waals surface area (Å²) in [5.74, 6) is -0.634. The van der Waals surface area contributed by atoms with Crippen LogP contribution in [0.25, 0.3) is 0 Å². The highest BCUT2D eigenvalue weighted by molar-refractivity contribution is 7.90. The third-order valence-electron chi connectivity index (χ3n) is 2.95. The quantitative estimate of drug-likeness (QED) is 0.671. The fourth-order valence-corrected chi connectivity index (χ4v) is 2.62. The van der Waals surface area contributed by atoms with Crippen molar-refractivity contribution in [3.63, 3.8) is 0 Å². The van der Waals surface area contributed by atoms with Crippen molar-refractivity contribution in [2.45, 2.75) is 4.90 Å². The van der Waals surface area contributed by atoms with Gasteiger partial charge in [0.1, 0.15) is 0 Å². The van der Waals surface area contributed by atoms with Gasteiger partial charge in [0.15, 0.2) is 9.84 Å². The Morgan fingerprint density at radius 1 is 1.17 bits per heavy atom. The molecule has 0 aliphatic rings. The molecule has 0 aliphatic heterocycles. The summed E-state index contributed by atoms with van der Waals surface area (Å²) in [6.45, 7) is 0. The van der Waals surface area contributed by atoms with Gasteiger partial charge in [0.05, 0.1) is 20.4 Å². The second kappa shape index (κ2) is 6.35. The Hall–Kier alpha value is -2.45. The van der Waals surface area contributed by atoms with Crippen LogP contribution in [-0.2, 0) is 9.84 Å². The second-order valence-electron chi connectivity index (χ2n) is 4.67. The molecule has 1 amide bonds. The number of hydrogen-bond acceptors (Lipinski definition) is 5. The maximum Gasteiger partial charge on any atom is 0.270 e. The fraction of sp³-hybridized carbons (Fsp3) is 0.0714. The van der Waals surface area contributed by atoms with E-state index in [1.807, 2.05) is 0 Å². The summed E-state index contributed by atoms with van der Waals surface area (Å²) in [4.78, 5) is 22.4. The minimum Gasteiger partial charge on any atom is -0.322 e. The van der Waals surface area contributed by atoms with Gasteiger partial charge in [-0.2, -0.15) is 0 Å². The van der Waals surface area contributed by atoms with Crippen molar-refractivity contribution in [1.82, 2.24) is 0 Å². The molecular formula is C14H11ClN2O5S. The summed E-state index contributed by atoms with van der Waals surface area (Å²) < 4.78 is 22.7. The number of nitrogens with one attached hydrogen (secondary N) is 1. The van der Waals surface area contributed by atoms with E-state index in [2.05, 4.69) is 5.32 Å². The van der Waals surface area contributed by atoms with Crippen LogP contribution in [0.5, 0.6) is 0 Å².